The Kier molecular flexibility index (Phi) is 8.07. The van der Waals surface area contributed by atoms with Gasteiger partial charge >= 0.3 is 6.03 Å². The molecule has 190 valence electrons. The molecule has 1 saturated heterocycles. The van der Waals surface area contributed by atoms with Gasteiger partial charge in [0.15, 0.2) is 11.5 Å². The van der Waals surface area contributed by atoms with Gasteiger partial charge in [-0.2, -0.15) is 0 Å². The number of halogens is 3. The first-order chi connectivity index (χ1) is 17.7. The average molecular weight is 560 g/mol. The lowest BCUT2D eigenvalue weighted by atomic mass is 10.1. The van der Waals surface area contributed by atoms with E-state index in [2.05, 4.69) is 5.32 Å². The minimum Gasteiger partial charge on any atom is -0.490 e. The zero-order valence-electron chi connectivity index (χ0n) is 19.8. The van der Waals surface area contributed by atoms with E-state index in [1.54, 1.807) is 44.2 Å². The molecular weight excluding hydrogens is 539 g/mol. The maximum Gasteiger partial charge on any atom is 0.335 e. The first-order valence-corrected chi connectivity index (χ1v) is 12.3. The van der Waals surface area contributed by atoms with Crippen molar-refractivity contribution < 1.29 is 23.9 Å². The average Bonchev–Trinajstić information content (AvgIpc) is 2.83. The minimum atomic E-state index is -0.865. The Hall–Kier alpha value is -3.52. The molecular formula is C27H21Cl3N2O5. The fourth-order valence-electron chi connectivity index (χ4n) is 3.72. The molecule has 3 aromatic rings. The largest absolute Gasteiger partial charge is 0.490 e. The molecule has 1 N–H and O–H groups in total. The second kappa shape index (κ2) is 11.3. The van der Waals surface area contributed by atoms with Crippen molar-refractivity contribution >= 4 is 64.4 Å². The summed E-state index contributed by atoms with van der Waals surface area (Å²) in [6.07, 6.45) is 1.34. The number of rotatable bonds is 7. The number of nitrogens with zero attached hydrogens (tertiary/aromatic N) is 1. The number of carbonyl (C=O) groups excluding carboxylic acids is 3. The fraction of sp³-hybridized carbons (Fsp3) is 0.148. The molecule has 1 fully saturated rings. The number of nitrogens with one attached hydrogen (secondary N) is 1. The Bertz CT molecular complexity index is 1440. The van der Waals surface area contributed by atoms with Gasteiger partial charge in [0.05, 0.1) is 17.3 Å². The third kappa shape index (κ3) is 5.91. The van der Waals surface area contributed by atoms with Crippen LogP contribution in [0.4, 0.5) is 10.5 Å². The van der Waals surface area contributed by atoms with Crippen LogP contribution in [0.3, 0.4) is 0 Å². The second-order valence-electron chi connectivity index (χ2n) is 8.07. The number of barbiturate groups is 1. The Morgan fingerprint density at radius 1 is 0.946 bits per heavy atom. The molecule has 0 radical (unpaired) electrons. The number of anilines is 1. The summed E-state index contributed by atoms with van der Waals surface area (Å²) >= 11 is 18.6. The van der Waals surface area contributed by atoms with Crippen LogP contribution in [0.2, 0.25) is 15.1 Å². The van der Waals surface area contributed by atoms with Crippen molar-refractivity contribution in [2.45, 2.75) is 20.5 Å². The normalized spacial score (nSPS) is 14.7. The predicted molar refractivity (Wildman–Crippen MR) is 144 cm³/mol. The van der Waals surface area contributed by atoms with E-state index < -0.39 is 17.8 Å². The maximum atomic E-state index is 13.3. The van der Waals surface area contributed by atoms with Crippen LogP contribution in [-0.4, -0.2) is 24.5 Å². The number of benzene rings is 3. The van der Waals surface area contributed by atoms with Gasteiger partial charge in [-0.05, 0) is 73.0 Å². The van der Waals surface area contributed by atoms with Crippen molar-refractivity contribution in [2.75, 3.05) is 11.5 Å². The van der Waals surface area contributed by atoms with Gasteiger partial charge in [0.2, 0.25) is 0 Å². The highest BCUT2D eigenvalue weighted by Gasteiger charge is 2.37. The number of amides is 4. The van der Waals surface area contributed by atoms with Crippen LogP contribution in [0.5, 0.6) is 11.5 Å². The predicted octanol–water partition coefficient (Wildman–Crippen LogP) is 6.60. The first kappa shape index (κ1) is 26.5. The van der Waals surface area contributed by atoms with E-state index in [0.717, 1.165) is 10.5 Å². The quantitative estimate of drug-likeness (QED) is 0.260. The highest BCUT2D eigenvalue weighted by atomic mass is 35.5. The van der Waals surface area contributed by atoms with Crippen LogP contribution >= 0.6 is 34.8 Å². The summed E-state index contributed by atoms with van der Waals surface area (Å²) in [5.74, 6) is -1.00. The topological polar surface area (TPSA) is 84.9 Å². The smallest absolute Gasteiger partial charge is 0.335 e. The lowest BCUT2D eigenvalue weighted by Crippen LogP contribution is -2.54. The van der Waals surface area contributed by atoms with Crippen LogP contribution in [0.25, 0.3) is 6.08 Å². The molecule has 4 rings (SSSR count). The van der Waals surface area contributed by atoms with Gasteiger partial charge in [-0.25, -0.2) is 9.69 Å². The van der Waals surface area contributed by atoms with Crippen LogP contribution < -0.4 is 19.7 Å². The van der Waals surface area contributed by atoms with Crippen molar-refractivity contribution in [1.29, 1.82) is 0 Å². The van der Waals surface area contributed by atoms with E-state index in [-0.39, 0.29) is 22.9 Å². The van der Waals surface area contributed by atoms with E-state index in [1.807, 2.05) is 12.1 Å². The number of imide groups is 2. The molecule has 0 spiro atoms. The standard InChI is InChI=1S/C27H21Cl3N2O5/c1-3-36-23-12-17(11-21(30)24(23)37-14-16-5-4-6-18(28)9-16)10-20-25(33)31-27(35)32(26(20)34)22-13-19(29)8-7-15(22)2/h4-13H,3,14H2,1-2H3,(H,31,33,35)/b20-10+. The Labute approximate surface area is 228 Å². The molecule has 7 nitrogen and oxygen atoms in total. The third-order valence-corrected chi connectivity index (χ3v) is 6.18. The molecule has 37 heavy (non-hydrogen) atoms. The summed E-state index contributed by atoms with van der Waals surface area (Å²) in [5.41, 5.74) is 1.88. The summed E-state index contributed by atoms with van der Waals surface area (Å²) in [5, 5.41) is 3.33. The van der Waals surface area contributed by atoms with Crippen molar-refractivity contribution in [3.8, 4) is 11.5 Å². The maximum absolute atomic E-state index is 13.3. The molecule has 10 heteroatoms. The second-order valence-corrected chi connectivity index (χ2v) is 9.35. The van der Waals surface area contributed by atoms with Crippen molar-refractivity contribution in [1.82, 2.24) is 5.32 Å². The fourth-order valence-corrected chi connectivity index (χ4v) is 4.38. The van der Waals surface area contributed by atoms with Gasteiger partial charge in [0.1, 0.15) is 12.2 Å². The van der Waals surface area contributed by atoms with E-state index >= 15 is 0 Å². The number of ether oxygens (including phenoxy) is 2. The number of hydrogen-bond donors (Lipinski definition) is 1. The number of carbonyl (C=O) groups is 3. The molecule has 0 aliphatic carbocycles. The SMILES string of the molecule is CCOc1cc(/C=C2\C(=O)NC(=O)N(c3cc(Cl)ccc3C)C2=O)cc(Cl)c1OCc1cccc(Cl)c1. The molecule has 4 amide bonds. The zero-order chi connectivity index (χ0) is 26.7. The summed E-state index contributed by atoms with van der Waals surface area (Å²) in [7, 11) is 0. The number of hydrogen-bond acceptors (Lipinski definition) is 5. The number of aryl methyl sites for hydroxylation is 1. The summed E-state index contributed by atoms with van der Waals surface area (Å²) in [6.45, 7) is 4.04. The van der Waals surface area contributed by atoms with Crippen LogP contribution in [0.1, 0.15) is 23.6 Å². The van der Waals surface area contributed by atoms with E-state index in [0.29, 0.717) is 39.3 Å². The molecule has 1 aliphatic rings. The van der Waals surface area contributed by atoms with E-state index in [9.17, 15) is 14.4 Å². The van der Waals surface area contributed by atoms with Gasteiger partial charge in [0.25, 0.3) is 11.8 Å². The van der Waals surface area contributed by atoms with Crippen molar-refractivity contribution in [3.63, 3.8) is 0 Å². The summed E-state index contributed by atoms with van der Waals surface area (Å²) in [6, 6.07) is 14.3. The van der Waals surface area contributed by atoms with Crippen LogP contribution in [0, 0.1) is 6.92 Å². The van der Waals surface area contributed by atoms with Crippen LogP contribution in [0.15, 0.2) is 60.2 Å². The summed E-state index contributed by atoms with van der Waals surface area (Å²) in [4.78, 5) is 39.4. The monoisotopic (exact) mass is 558 g/mol. The molecule has 0 atom stereocenters. The van der Waals surface area contributed by atoms with Crippen molar-refractivity contribution in [3.05, 3.63) is 91.9 Å². The van der Waals surface area contributed by atoms with Gasteiger partial charge in [-0.1, -0.05) is 53.0 Å². The Balaban J connectivity index is 1.68. The van der Waals surface area contributed by atoms with Gasteiger partial charge in [-0.3, -0.25) is 14.9 Å². The molecule has 1 aliphatic heterocycles. The lowest BCUT2D eigenvalue weighted by Gasteiger charge is -2.27. The highest BCUT2D eigenvalue weighted by Crippen LogP contribution is 2.38. The minimum absolute atomic E-state index is 0.192. The first-order valence-electron chi connectivity index (χ1n) is 11.2. The molecule has 0 unspecified atom stereocenters. The van der Waals surface area contributed by atoms with Gasteiger partial charge < -0.3 is 9.47 Å². The molecule has 3 aromatic carbocycles. The number of urea groups is 1. The molecule has 0 saturated carbocycles. The lowest BCUT2D eigenvalue weighted by molar-refractivity contribution is -0.122. The Morgan fingerprint density at radius 3 is 2.43 bits per heavy atom. The van der Waals surface area contributed by atoms with E-state index in [1.165, 1.54) is 18.2 Å². The Morgan fingerprint density at radius 2 is 1.70 bits per heavy atom. The molecule has 0 aromatic heterocycles. The van der Waals surface area contributed by atoms with Gasteiger partial charge in [0, 0.05) is 10.0 Å². The highest BCUT2D eigenvalue weighted by molar-refractivity contribution is 6.40. The van der Waals surface area contributed by atoms with E-state index in [4.69, 9.17) is 44.3 Å². The molecule has 1 heterocycles. The zero-order valence-corrected chi connectivity index (χ0v) is 22.1. The van der Waals surface area contributed by atoms with Crippen molar-refractivity contribution in [2.24, 2.45) is 0 Å². The van der Waals surface area contributed by atoms with Crippen LogP contribution in [-0.2, 0) is 16.2 Å². The molecule has 0 bridgehead atoms. The third-order valence-electron chi connectivity index (χ3n) is 5.43. The van der Waals surface area contributed by atoms with Gasteiger partial charge in [-0.15, -0.1) is 0 Å². The summed E-state index contributed by atoms with van der Waals surface area (Å²) < 4.78 is 11.6.